The molecule has 0 N–H and O–H groups in total. The van der Waals surface area contributed by atoms with E-state index in [4.69, 9.17) is 0 Å². The van der Waals surface area contributed by atoms with Crippen LogP contribution in [0.3, 0.4) is 0 Å². The molecular weight excluding hydrogens is 580 g/mol. The molecule has 0 spiro atoms. The van der Waals surface area contributed by atoms with E-state index in [1.165, 1.54) is 186 Å². The van der Waals surface area contributed by atoms with Crippen LogP contribution in [0.15, 0.2) is 0 Å². The molecule has 254 valence electrons. The zero-order valence-electron chi connectivity index (χ0n) is 29.7. The fourth-order valence-electron chi connectivity index (χ4n) is 6.28. The van der Waals surface area contributed by atoms with Crippen molar-refractivity contribution in [1.82, 2.24) is 0 Å². The standard InChI is InChI=1S/C37H76O4S.K/c1-3-5-7-9-11-13-15-17-18-19-20-21-23-25-27-29-31-33-35-37(36-41-42(38,39)40)34-32-30-28-26-24-22-16-14-12-10-8-6-4-2;/h37H,3-36H2,1-2H3,(H,38,39,40);/q;+1/p-1. The van der Waals surface area contributed by atoms with Gasteiger partial charge in [0.2, 0.25) is 10.4 Å². The SMILES string of the molecule is CCCCCCCCCCCCCCCCCCCCC(CCCCCCCCCCCCCCC)COS(=O)(=O)[O-].[K+]. The molecule has 0 heterocycles. The van der Waals surface area contributed by atoms with Crippen LogP contribution in [0, 0.1) is 5.92 Å². The molecule has 0 radical (unpaired) electrons. The summed E-state index contributed by atoms with van der Waals surface area (Å²) in [4.78, 5) is 0. The van der Waals surface area contributed by atoms with E-state index >= 15 is 0 Å². The van der Waals surface area contributed by atoms with E-state index in [1.54, 1.807) is 0 Å². The molecule has 0 rings (SSSR count). The predicted molar refractivity (Wildman–Crippen MR) is 183 cm³/mol. The fraction of sp³-hybridized carbons (Fsp3) is 1.00. The van der Waals surface area contributed by atoms with E-state index < -0.39 is 10.4 Å². The summed E-state index contributed by atoms with van der Waals surface area (Å²) in [6.07, 6.45) is 43.9. The van der Waals surface area contributed by atoms with Gasteiger partial charge in [-0.3, -0.25) is 4.18 Å². The van der Waals surface area contributed by atoms with Crippen LogP contribution in [0.25, 0.3) is 0 Å². The second-order valence-corrected chi connectivity index (χ2v) is 14.4. The second kappa shape index (κ2) is 38.0. The van der Waals surface area contributed by atoms with Gasteiger partial charge in [0, 0.05) is 0 Å². The normalized spacial score (nSPS) is 12.4. The summed E-state index contributed by atoms with van der Waals surface area (Å²) in [5, 5.41) is 0. The topological polar surface area (TPSA) is 66.4 Å². The Kier molecular flexibility index (Phi) is 41.2. The Balaban J connectivity index is 0. The first-order chi connectivity index (χ1) is 20.5. The second-order valence-electron chi connectivity index (χ2n) is 13.4. The van der Waals surface area contributed by atoms with Crippen LogP contribution in [-0.4, -0.2) is 19.6 Å². The van der Waals surface area contributed by atoms with Crippen LogP contribution in [0.5, 0.6) is 0 Å². The van der Waals surface area contributed by atoms with Gasteiger partial charge in [-0.25, -0.2) is 8.42 Å². The molecule has 0 fully saturated rings. The average molecular weight is 655 g/mol. The van der Waals surface area contributed by atoms with Crippen molar-refractivity contribution in [3.05, 3.63) is 0 Å². The van der Waals surface area contributed by atoms with E-state index in [9.17, 15) is 13.0 Å². The Morgan fingerprint density at radius 3 is 0.837 bits per heavy atom. The van der Waals surface area contributed by atoms with E-state index in [-0.39, 0.29) is 63.9 Å². The smallest absolute Gasteiger partial charge is 0.726 e. The Morgan fingerprint density at radius 2 is 0.628 bits per heavy atom. The van der Waals surface area contributed by atoms with Gasteiger partial charge in [0.05, 0.1) is 6.61 Å². The van der Waals surface area contributed by atoms with Crippen LogP contribution in [0.2, 0.25) is 0 Å². The minimum Gasteiger partial charge on any atom is -0.726 e. The van der Waals surface area contributed by atoms with Gasteiger partial charge in [-0.15, -0.1) is 0 Å². The van der Waals surface area contributed by atoms with Crippen molar-refractivity contribution in [2.45, 2.75) is 226 Å². The Bertz CT molecular complexity index is 614. The molecule has 0 aliphatic rings. The van der Waals surface area contributed by atoms with Crippen molar-refractivity contribution < 1.29 is 68.5 Å². The van der Waals surface area contributed by atoms with E-state index in [0.29, 0.717) is 0 Å². The molecule has 0 aromatic carbocycles. The summed E-state index contributed by atoms with van der Waals surface area (Å²) in [5.74, 6) is 0.197. The van der Waals surface area contributed by atoms with Crippen LogP contribution in [0.4, 0.5) is 0 Å². The third kappa shape index (κ3) is 41.5. The molecule has 0 bridgehead atoms. The fourth-order valence-corrected chi connectivity index (χ4v) is 6.64. The van der Waals surface area contributed by atoms with Gasteiger partial charge in [0.1, 0.15) is 0 Å². The number of hydrogen-bond acceptors (Lipinski definition) is 4. The van der Waals surface area contributed by atoms with Crippen molar-refractivity contribution in [3.8, 4) is 0 Å². The van der Waals surface area contributed by atoms with Gasteiger partial charge < -0.3 is 4.55 Å². The zero-order chi connectivity index (χ0) is 30.8. The minimum atomic E-state index is -4.59. The van der Waals surface area contributed by atoms with Crippen molar-refractivity contribution in [2.24, 2.45) is 5.92 Å². The average Bonchev–Trinajstić information content (AvgIpc) is 2.96. The van der Waals surface area contributed by atoms with E-state index in [2.05, 4.69) is 18.0 Å². The summed E-state index contributed by atoms with van der Waals surface area (Å²) >= 11 is 0. The molecule has 0 saturated heterocycles. The summed E-state index contributed by atoms with van der Waals surface area (Å²) in [5.41, 5.74) is 0. The first-order valence-electron chi connectivity index (χ1n) is 19.1. The molecule has 1 atom stereocenters. The summed E-state index contributed by atoms with van der Waals surface area (Å²) in [6, 6.07) is 0. The Labute approximate surface area is 314 Å². The van der Waals surface area contributed by atoms with Crippen LogP contribution in [-0.2, 0) is 14.6 Å². The van der Waals surface area contributed by atoms with Crippen molar-refractivity contribution >= 4 is 10.4 Å². The minimum absolute atomic E-state index is 0. The van der Waals surface area contributed by atoms with Gasteiger partial charge in [0.15, 0.2) is 0 Å². The molecule has 0 aliphatic heterocycles. The third-order valence-electron chi connectivity index (χ3n) is 9.13. The zero-order valence-corrected chi connectivity index (χ0v) is 33.6. The number of unbranched alkanes of at least 4 members (excludes halogenated alkanes) is 29. The number of rotatable bonds is 36. The van der Waals surface area contributed by atoms with Crippen molar-refractivity contribution in [1.29, 1.82) is 0 Å². The van der Waals surface area contributed by atoms with Crippen LogP contribution >= 0.6 is 0 Å². The maximum absolute atomic E-state index is 11.0. The van der Waals surface area contributed by atoms with Gasteiger partial charge in [-0.05, 0) is 18.8 Å². The maximum atomic E-state index is 11.0. The van der Waals surface area contributed by atoms with Crippen LogP contribution < -0.4 is 51.4 Å². The van der Waals surface area contributed by atoms with Gasteiger partial charge in [0.25, 0.3) is 0 Å². The van der Waals surface area contributed by atoms with E-state index in [1.807, 2.05) is 0 Å². The molecule has 0 aromatic heterocycles. The summed E-state index contributed by atoms with van der Waals surface area (Å²) in [6.45, 7) is 4.63. The monoisotopic (exact) mass is 655 g/mol. The molecule has 0 saturated carbocycles. The number of hydrogen-bond donors (Lipinski definition) is 0. The Hall–Kier alpha value is 1.51. The maximum Gasteiger partial charge on any atom is 1.00 e. The van der Waals surface area contributed by atoms with Crippen molar-refractivity contribution in [3.63, 3.8) is 0 Å². The van der Waals surface area contributed by atoms with Gasteiger partial charge >= 0.3 is 51.4 Å². The first kappa shape index (κ1) is 46.6. The predicted octanol–water partition coefficient (Wildman–Crippen LogP) is 10.00. The van der Waals surface area contributed by atoms with E-state index in [0.717, 1.165) is 25.7 Å². The summed E-state index contributed by atoms with van der Waals surface area (Å²) < 4.78 is 37.6. The molecule has 43 heavy (non-hydrogen) atoms. The van der Waals surface area contributed by atoms with Gasteiger partial charge in [-0.1, -0.05) is 213 Å². The molecule has 0 amide bonds. The van der Waals surface area contributed by atoms with Gasteiger partial charge in [-0.2, -0.15) is 0 Å². The molecular formula is C37H75KO4S. The summed E-state index contributed by atoms with van der Waals surface area (Å²) in [7, 11) is -4.59. The Morgan fingerprint density at radius 1 is 0.419 bits per heavy atom. The molecule has 6 heteroatoms. The van der Waals surface area contributed by atoms with Crippen molar-refractivity contribution in [2.75, 3.05) is 6.61 Å². The van der Waals surface area contributed by atoms with Crippen LogP contribution in [0.1, 0.15) is 226 Å². The third-order valence-corrected chi connectivity index (χ3v) is 9.55. The quantitative estimate of drug-likeness (QED) is 0.0292. The molecule has 0 aromatic rings. The molecule has 0 aliphatic carbocycles. The molecule has 1 unspecified atom stereocenters. The molecule has 4 nitrogen and oxygen atoms in total. The largest absolute Gasteiger partial charge is 1.00 e. The first-order valence-corrected chi connectivity index (χ1v) is 20.4.